The highest BCUT2D eigenvalue weighted by Gasteiger charge is 2.45. The van der Waals surface area contributed by atoms with E-state index in [-0.39, 0.29) is 10.8 Å². The first-order valence-corrected chi connectivity index (χ1v) is 12.2. The first-order valence-electron chi connectivity index (χ1n) is 11.4. The molecule has 0 radical (unpaired) electrons. The van der Waals surface area contributed by atoms with Crippen molar-refractivity contribution >= 4 is 27.9 Å². The molecular formula is C28H33N3S. The van der Waals surface area contributed by atoms with Crippen LogP contribution in [0.2, 0.25) is 0 Å². The predicted molar refractivity (Wildman–Crippen MR) is 135 cm³/mol. The lowest BCUT2D eigenvalue weighted by molar-refractivity contribution is 0.243. The van der Waals surface area contributed by atoms with Crippen LogP contribution in [0.1, 0.15) is 76.1 Å². The summed E-state index contributed by atoms with van der Waals surface area (Å²) < 4.78 is 0. The maximum Gasteiger partial charge on any atom is 0.191 e. The molecule has 0 saturated heterocycles. The Kier molecular flexibility index (Phi) is 5.90. The monoisotopic (exact) mass is 443 g/mol. The van der Waals surface area contributed by atoms with Crippen molar-refractivity contribution in [2.24, 2.45) is 5.92 Å². The molecule has 2 heterocycles. The quantitative estimate of drug-likeness (QED) is 0.395. The molecular weight excluding hydrogens is 410 g/mol. The normalized spacial score (nSPS) is 19.3. The SMILES string of the molecule is C=C(C)c1ccc(N(Cc2cc#ccc2)c2nc3c(s2)C(C)(C)CCC3(C)C(C)C)nc1. The Bertz CT molecular complexity index is 1100. The Labute approximate surface area is 197 Å². The fourth-order valence-corrected chi connectivity index (χ4v) is 5.68. The minimum atomic E-state index is 0.0952. The zero-order chi connectivity index (χ0) is 23.1. The van der Waals surface area contributed by atoms with Crippen LogP contribution in [0.4, 0.5) is 10.9 Å². The Morgan fingerprint density at radius 1 is 1.19 bits per heavy atom. The standard InChI is InChI=1S/C28H33N3S/c1-19(2)22-13-14-23(29-17-22)31(18-21-11-9-8-10-12-21)26-30-24-25(32-26)27(5,6)15-16-28(24,7)20(3)4/h9,11-14,17,20H,1,15-16,18H2,2-7H3. The van der Waals surface area contributed by atoms with E-state index in [4.69, 9.17) is 9.97 Å². The smallest absolute Gasteiger partial charge is 0.191 e. The maximum atomic E-state index is 5.32. The zero-order valence-corrected chi connectivity index (χ0v) is 20.9. The van der Waals surface area contributed by atoms with E-state index >= 15 is 0 Å². The lowest BCUT2D eigenvalue weighted by atomic mass is 9.63. The van der Waals surface area contributed by atoms with Crippen molar-refractivity contribution in [2.75, 3.05) is 4.90 Å². The van der Waals surface area contributed by atoms with Crippen LogP contribution >= 0.6 is 11.3 Å². The van der Waals surface area contributed by atoms with E-state index in [9.17, 15) is 0 Å². The Morgan fingerprint density at radius 2 is 1.97 bits per heavy atom. The molecule has 3 aromatic rings. The van der Waals surface area contributed by atoms with Gasteiger partial charge in [0.15, 0.2) is 5.13 Å². The summed E-state index contributed by atoms with van der Waals surface area (Å²) >= 11 is 1.83. The maximum absolute atomic E-state index is 5.32. The first-order chi connectivity index (χ1) is 15.1. The van der Waals surface area contributed by atoms with Crippen molar-refractivity contribution in [3.63, 3.8) is 0 Å². The minimum absolute atomic E-state index is 0.0952. The van der Waals surface area contributed by atoms with Crippen LogP contribution in [-0.2, 0) is 17.4 Å². The van der Waals surface area contributed by atoms with Gasteiger partial charge in [-0.25, -0.2) is 9.97 Å². The largest absolute Gasteiger partial charge is 0.298 e. The van der Waals surface area contributed by atoms with E-state index in [1.165, 1.54) is 23.4 Å². The molecule has 0 amide bonds. The van der Waals surface area contributed by atoms with Crippen LogP contribution in [0, 0.1) is 18.1 Å². The van der Waals surface area contributed by atoms with Gasteiger partial charge in [0.2, 0.25) is 0 Å². The molecule has 1 atom stereocenters. The molecule has 0 fully saturated rings. The zero-order valence-electron chi connectivity index (χ0n) is 20.1. The summed E-state index contributed by atoms with van der Waals surface area (Å²) in [6.45, 7) is 18.5. The van der Waals surface area contributed by atoms with Gasteiger partial charge in [-0.2, -0.15) is 0 Å². The second-order valence-electron chi connectivity index (χ2n) is 10.2. The number of allylic oxidation sites excluding steroid dienone is 1. The van der Waals surface area contributed by atoms with Crippen molar-refractivity contribution < 1.29 is 0 Å². The Balaban J connectivity index is 1.83. The second-order valence-corrected chi connectivity index (χ2v) is 11.2. The number of hydrogen-bond acceptors (Lipinski definition) is 4. The van der Waals surface area contributed by atoms with Crippen LogP contribution in [0.25, 0.3) is 5.57 Å². The van der Waals surface area contributed by atoms with Gasteiger partial charge in [-0.05, 0) is 72.7 Å². The molecule has 1 unspecified atom stereocenters. The third-order valence-corrected chi connectivity index (χ3v) is 8.57. The number of nitrogens with zero attached hydrogens (tertiary/aromatic N) is 3. The molecule has 32 heavy (non-hydrogen) atoms. The number of thiazole rings is 1. The van der Waals surface area contributed by atoms with Crippen molar-refractivity contribution in [3.05, 3.63) is 76.9 Å². The van der Waals surface area contributed by atoms with Crippen molar-refractivity contribution in [2.45, 2.75) is 71.8 Å². The van der Waals surface area contributed by atoms with Gasteiger partial charge in [-0.3, -0.25) is 4.90 Å². The van der Waals surface area contributed by atoms with Crippen molar-refractivity contribution in [1.82, 2.24) is 9.97 Å². The van der Waals surface area contributed by atoms with Crippen LogP contribution < -0.4 is 4.90 Å². The molecule has 0 aliphatic heterocycles. The molecule has 1 aromatic carbocycles. The van der Waals surface area contributed by atoms with Gasteiger partial charge >= 0.3 is 0 Å². The van der Waals surface area contributed by atoms with Crippen LogP contribution in [-0.4, -0.2) is 9.97 Å². The molecule has 1 aliphatic carbocycles. The summed E-state index contributed by atoms with van der Waals surface area (Å²) in [7, 11) is 0. The van der Waals surface area contributed by atoms with E-state index in [1.54, 1.807) is 0 Å². The molecule has 4 heteroatoms. The highest BCUT2D eigenvalue weighted by Crippen LogP contribution is 2.52. The van der Waals surface area contributed by atoms with E-state index in [2.05, 4.69) is 76.4 Å². The van der Waals surface area contributed by atoms with Crippen LogP contribution in [0.15, 0.2) is 43.1 Å². The highest BCUT2D eigenvalue weighted by molar-refractivity contribution is 7.16. The van der Waals surface area contributed by atoms with E-state index < -0.39 is 0 Å². The van der Waals surface area contributed by atoms with Gasteiger partial charge in [-0.15, -0.1) is 11.3 Å². The van der Waals surface area contributed by atoms with Gasteiger partial charge in [0, 0.05) is 21.9 Å². The molecule has 4 rings (SSSR count). The third kappa shape index (κ3) is 4.07. The van der Waals surface area contributed by atoms with Gasteiger partial charge in [0.05, 0.1) is 12.2 Å². The van der Waals surface area contributed by atoms with E-state index in [0.29, 0.717) is 12.5 Å². The minimum Gasteiger partial charge on any atom is -0.298 e. The molecule has 0 spiro atoms. The number of aromatic nitrogens is 2. The average molecular weight is 444 g/mol. The molecule has 2 aromatic heterocycles. The van der Waals surface area contributed by atoms with Crippen LogP contribution in [0.3, 0.4) is 0 Å². The molecule has 0 saturated carbocycles. The number of hydrogen-bond donors (Lipinski definition) is 0. The Hall–Kier alpha value is -2.64. The fraction of sp³-hybridized carbons (Fsp3) is 0.429. The Morgan fingerprint density at radius 3 is 2.56 bits per heavy atom. The molecule has 0 bridgehead atoms. The topological polar surface area (TPSA) is 29.0 Å². The van der Waals surface area contributed by atoms with Gasteiger partial charge in [0.25, 0.3) is 0 Å². The summed E-state index contributed by atoms with van der Waals surface area (Å²) in [5.74, 6) is 1.44. The number of pyridine rings is 1. The molecule has 0 N–H and O–H groups in total. The fourth-order valence-electron chi connectivity index (χ4n) is 4.34. The molecule has 166 valence electrons. The van der Waals surface area contributed by atoms with Gasteiger partial charge in [0.1, 0.15) is 5.82 Å². The number of rotatable bonds is 6. The first kappa shape index (κ1) is 22.6. The summed E-state index contributed by atoms with van der Waals surface area (Å²) in [4.78, 5) is 13.8. The lowest BCUT2D eigenvalue weighted by Gasteiger charge is -2.42. The number of fused-ring (bicyclic) bond motifs is 1. The summed E-state index contributed by atoms with van der Waals surface area (Å²) in [5.41, 5.74) is 4.75. The summed E-state index contributed by atoms with van der Waals surface area (Å²) in [6.07, 6.45) is 4.26. The van der Waals surface area contributed by atoms with E-state index in [1.807, 2.05) is 36.6 Å². The van der Waals surface area contributed by atoms with Crippen molar-refractivity contribution in [1.29, 1.82) is 0 Å². The highest BCUT2D eigenvalue weighted by atomic mass is 32.1. The summed E-state index contributed by atoms with van der Waals surface area (Å²) in [5, 5.41) is 1.01. The molecule has 3 nitrogen and oxygen atoms in total. The third-order valence-electron chi connectivity index (χ3n) is 7.13. The summed E-state index contributed by atoms with van der Waals surface area (Å²) in [6, 6.07) is 16.2. The van der Waals surface area contributed by atoms with Crippen molar-refractivity contribution in [3.8, 4) is 0 Å². The number of anilines is 2. The lowest BCUT2D eigenvalue weighted by Crippen LogP contribution is -2.38. The predicted octanol–water partition coefficient (Wildman–Crippen LogP) is 7.49. The van der Waals surface area contributed by atoms with Gasteiger partial charge in [-0.1, -0.05) is 53.3 Å². The molecule has 1 aliphatic rings. The van der Waals surface area contributed by atoms with Gasteiger partial charge < -0.3 is 0 Å². The average Bonchev–Trinajstić information content (AvgIpc) is 3.23. The van der Waals surface area contributed by atoms with E-state index in [0.717, 1.165) is 27.6 Å². The second kappa shape index (κ2) is 8.37. The van der Waals surface area contributed by atoms with Crippen LogP contribution in [0.5, 0.6) is 0 Å².